The van der Waals surface area contributed by atoms with Crippen molar-refractivity contribution in [3.63, 3.8) is 0 Å². The first-order chi connectivity index (χ1) is 13.9. The number of esters is 2. The molecule has 0 radical (unpaired) electrons. The fourth-order valence-electron chi connectivity index (χ4n) is 3.81. The van der Waals surface area contributed by atoms with Crippen LogP contribution in [0.4, 0.5) is 0 Å². The van der Waals surface area contributed by atoms with Crippen molar-refractivity contribution in [3.8, 4) is 0 Å². The van der Waals surface area contributed by atoms with Crippen molar-refractivity contribution >= 4 is 11.9 Å². The second-order valence-corrected chi connectivity index (χ2v) is 7.59. The fraction of sp³-hybridized carbons (Fsp3) is 0.440. The molecule has 0 spiro atoms. The van der Waals surface area contributed by atoms with Crippen molar-refractivity contribution in [1.29, 1.82) is 0 Å². The summed E-state index contributed by atoms with van der Waals surface area (Å²) in [5.41, 5.74) is -0.862. The molecule has 0 aliphatic heterocycles. The van der Waals surface area contributed by atoms with E-state index in [0.29, 0.717) is 30.4 Å². The molecular formula is C25H32O4. The number of benzene rings is 2. The van der Waals surface area contributed by atoms with Gasteiger partial charge in [-0.05, 0) is 50.5 Å². The Morgan fingerprint density at radius 1 is 0.724 bits per heavy atom. The van der Waals surface area contributed by atoms with Crippen LogP contribution >= 0.6 is 0 Å². The van der Waals surface area contributed by atoms with Gasteiger partial charge in [0.25, 0.3) is 0 Å². The van der Waals surface area contributed by atoms with Gasteiger partial charge in [0.1, 0.15) is 5.60 Å². The lowest BCUT2D eigenvalue weighted by Crippen LogP contribution is -2.57. The van der Waals surface area contributed by atoms with E-state index in [9.17, 15) is 9.59 Å². The molecule has 0 aliphatic carbocycles. The molecule has 1 atom stereocenters. The Balaban J connectivity index is 2.40. The minimum Gasteiger partial charge on any atom is -0.452 e. The highest BCUT2D eigenvalue weighted by molar-refractivity contribution is 5.90. The summed E-state index contributed by atoms with van der Waals surface area (Å²) in [6, 6.07) is 17.9. The molecule has 0 aliphatic rings. The normalized spacial score (nSPS) is 13.4. The van der Waals surface area contributed by atoms with Gasteiger partial charge < -0.3 is 9.47 Å². The van der Waals surface area contributed by atoms with E-state index in [1.54, 1.807) is 36.4 Å². The highest BCUT2D eigenvalue weighted by atomic mass is 16.6. The summed E-state index contributed by atoms with van der Waals surface area (Å²) in [6.07, 6.45) is 3.38. The molecule has 1 unspecified atom stereocenters. The largest absolute Gasteiger partial charge is 0.452 e. The monoisotopic (exact) mass is 396 g/mol. The molecule has 0 heterocycles. The lowest BCUT2D eigenvalue weighted by Gasteiger charge is -2.47. The van der Waals surface area contributed by atoms with Crippen LogP contribution < -0.4 is 0 Å². The van der Waals surface area contributed by atoms with Gasteiger partial charge in [0, 0.05) is 0 Å². The lowest BCUT2D eigenvalue weighted by atomic mass is 9.75. The highest BCUT2D eigenvalue weighted by Crippen LogP contribution is 2.41. The molecule has 2 aromatic rings. The van der Waals surface area contributed by atoms with Crippen LogP contribution in [0.1, 0.15) is 80.5 Å². The van der Waals surface area contributed by atoms with E-state index in [1.165, 1.54) is 0 Å². The number of hydrogen-bond donors (Lipinski definition) is 0. The third-order valence-electron chi connectivity index (χ3n) is 5.57. The van der Waals surface area contributed by atoms with E-state index in [1.807, 2.05) is 38.1 Å². The van der Waals surface area contributed by atoms with Crippen LogP contribution in [0, 0.1) is 0 Å². The summed E-state index contributed by atoms with van der Waals surface area (Å²) < 4.78 is 12.2. The van der Waals surface area contributed by atoms with Crippen LogP contribution in [-0.4, -0.2) is 23.1 Å². The van der Waals surface area contributed by atoms with Crippen LogP contribution in [0.25, 0.3) is 0 Å². The van der Waals surface area contributed by atoms with Gasteiger partial charge in [-0.1, -0.05) is 70.0 Å². The molecule has 29 heavy (non-hydrogen) atoms. The Morgan fingerprint density at radius 3 is 1.52 bits per heavy atom. The Hall–Kier alpha value is -2.62. The number of rotatable bonds is 10. The van der Waals surface area contributed by atoms with Crippen molar-refractivity contribution < 1.29 is 19.1 Å². The highest BCUT2D eigenvalue weighted by Gasteiger charge is 2.52. The summed E-state index contributed by atoms with van der Waals surface area (Å²) in [5, 5.41) is 0. The molecule has 2 aromatic carbocycles. The third-order valence-corrected chi connectivity index (χ3v) is 5.57. The zero-order chi connectivity index (χ0) is 21.3. The van der Waals surface area contributed by atoms with E-state index in [-0.39, 0.29) is 5.97 Å². The first kappa shape index (κ1) is 22.7. The lowest BCUT2D eigenvalue weighted by molar-refractivity contribution is -0.160. The summed E-state index contributed by atoms with van der Waals surface area (Å²) in [6.45, 7) is 7.96. The van der Waals surface area contributed by atoms with Gasteiger partial charge in [0.05, 0.1) is 11.1 Å². The fourth-order valence-corrected chi connectivity index (χ4v) is 3.81. The molecule has 4 nitrogen and oxygen atoms in total. The van der Waals surface area contributed by atoms with Crippen molar-refractivity contribution in [2.24, 2.45) is 0 Å². The molecule has 0 saturated heterocycles. The van der Waals surface area contributed by atoms with Gasteiger partial charge >= 0.3 is 11.9 Å². The average molecular weight is 397 g/mol. The Morgan fingerprint density at radius 2 is 1.14 bits per heavy atom. The number of carbonyl (C=O) groups is 2. The van der Waals surface area contributed by atoms with Gasteiger partial charge in [0.15, 0.2) is 5.60 Å². The van der Waals surface area contributed by atoms with Gasteiger partial charge in [0.2, 0.25) is 0 Å². The maximum atomic E-state index is 13.0. The smallest absolute Gasteiger partial charge is 0.338 e. The van der Waals surface area contributed by atoms with E-state index in [4.69, 9.17) is 9.47 Å². The zero-order valence-electron chi connectivity index (χ0n) is 17.9. The maximum Gasteiger partial charge on any atom is 0.338 e. The Bertz CT molecular complexity index is 779. The molecule has 2 rings (SSSR count). The van der Waals surface area contributed by atoms with Crippen LogP contribution in [0.3, 0.4) is 0 Å². The van der Waals surface area contributed by atoms with Crippen molar-refractivity contribution in [2.75, 3.05) is 0 Å². The van der Waals surface area contributed by atoms with Gasteiger partial charge in [-0.3, -0.25) is 0 Å². The van der Waals surface area contributed by atoms with Crippen molar-refractivity contribution in [2.45, 2.75) is 71.0 Å². The number of ether oxygens (including phenoxy) is 2. The molecule has 156 valence electrons. The first-order valence-corrected chi connectivity index (χ1v) is 10.5. The number of carbonyl (C=O) groups excluding carboxylic acids is 2. The van der Waals surface area contributed by atoms with E-state index in [2.05, 4.69) is 13.8 Å². The molecule has 0 aromatic heterocycles. The summed E-state index contributed by atoms with van der Waals surface area (Å²) in [7, 11) is 0. The minimum atomic E-state index is -0.948. The van der Waals surface area contributed by atoms with Crippen LogP contribution in [0.15, 0.2) is 60.7 Å². The number of hydrogen-bond acceptors (Lipinski definition) is 4. The van der Waals surface area contributed by atoms with E-state index in [0.717, 1.165) is 12.8 Å². The molecule has 0 saturated carbocycles. The standard InChI is InChI=1S/C25H32O4/c1-5-18-25(19-6-2,29-23(27)21-16-12-9-13-17-21)24(4,7-3)28-22(26)20-14-10-8-11-15-20/h8-17H,5-7,18-19H2,1-4H3. The second-order valence-electron chi connectivity index (χ2n) is 7.59. The Kier molecular flexibility index (Phi) is 8.00. The molecule has 0 fully saturated rings. The second kappa shape index (κ2) is 10.2. The van der Waals surface area contributed by atoms with Gasteiger partial charge in [-0.25, -0.2) is 9.59 Å². The zero-order valence-corrected chi connectivity index (χ0v) is 17.9. The van der Waals surface area contributed by atoms with Gasteiger partial charge in [-0.2, -0.15) is 0 Å². The van der Waals surface area contributed by atoms with Gasteiger partial charge in [-0.15, -0.1) is 0 Å². The summed E-state index contributed by atoms with van der Waals surface area (Å²) in [5.74, 6) is -0.787. The van der Waals surface area contributed by atoms with Crippen LogP contribution in [-0.2, 0) is 9.47 Å². The predicted molar refractivity (Wildman–Crippen MR) is 115 cm³/mol. The molecule has 0 bridgehead atoms. The minimum absolute atomic E-state index is 0.386. The van der Waals surface area contributed by atoms with E-state index < -0.39 is 17.2 Å². The molecular weight excluding hydrogens is 364 g/mol. The maximum absolute atomic E-state index is 13.0. The topological polar surface area (TPSA) is 52.6 Å². The van der Waals surface area contributed by atoms with Crippen molar-refractivity contribution in [1.82, 2.24) is 0 Å². The molecule has 0 N–H and O–H groups in total. The molecule has 0 amide bonds. The average Bonchev–Trinajstić information content (AvgIpc) is 2.75. The Labute approximate surface area is 174 Å². The van der Waals surface area contributed by atoms with Crippen LogP contribution in [0.5, 0.6) is 0 Å². The molecule has 4 heteroatoms. The summed E-state index contributed by atoms with van der Waals surface area (Å²) >= 11 is 0. The third kappa shape index (κ3) is 5.26. The quantitative estimate of drug-likeness (QED) is 0.448. The van der Waals surface area contributed by atoms with Crippen molar-refractivity contribution in [3.05, 3.63) is 71.8 Å². The SMILES string of the molecule is CCCC(CCC)(OC(=O)c1ccccc1)C(C)(CC)OC(=O)c1ccccc1. The van der Waals surface area contributed by atoms with Crippen LogP contribution in [0.2, 0.25) is 0 Å². The predicted octanol–water partition coefficient (Wildman–Crippen LogP) is 6.21. The van der Waals surface area contributed by atoms with E-state index >= 15 is 0 Å². The first-order valence-electron chi connectivity index (χ1n) is 10.5. The summed E-state index contributed by atoms with van der Waals surface area (Å²) in [4.78, 5) is 25.8.